The van der Waals surface area contributed by atoms with Gasteiger partial charge in [-0.3, -0.25) is 0 Å². The van der Waals surface area contributed by atoms with E-state index in [2.05, 4.69) is 0 Å². The topological polar surface area (TPSA) is 17.1 Å². The Morgan fingerprint density at radius 2 is 1.20 bits per heavy atom. The molecule has 0 aromatic rings. The molecule has 5 heavy (non-hydrogen) atoms. The van der Waals surface area contributed by atoms with Crippen LogP contribution in [0, 0.1) is 0 Å². The van der Waals surface area contributed by atoms with Crippen molar-refractivity contribution in [1.82, 2.24) is 0 Å². The number of rotatable bonds is 0. The van der Waals surface area contributed by atoms with E-state index in [4.69, 9.17) is 3.32 Å². The van der Waals surface area contributed by atoms with E-state index in [0.717, 1.165) is 20.4 Å². The maximum absolute atomic E-state index is 8.25. The van der Waals surface area contributed by atoms with Gasteiger partial charge >= 0.3 is 23.7 Å². The van der Waals surface area contributed by atoms with Crippen LogP contribution in [0.1, 0.15) is 0 Å². The van der Waals surface area contributed by atoms with Crippen LogP contribution in [0.4, 0.5) is 0 Å². The summed E-state index contributed by atoms with van der Waals surface area (Å²) in [6.45, 7) is 0. The van der Waals surface area contributed by atoms with Crippen LogP contribution in [0.15, 0.2) is 0 Å². The van der Waals surface area contributed by atoms with E-state index in [1.165, 1.54) is 0 Å². The average Bonchev–Trinajstić information content (AvgIpc) is 1.00. The Labute approximate surface area is 73.6 Å². The van der Waals surface area contributed by atoms with Gasteiger partial charge in [-0.2, -0.15) is 0 Å². The summed E-state index contributed by atoms with van der Waals surface area (Å²) in [7, 11) is 0. The molecule has 0 saturated heterocycles. The van der Waals surface area contributed by atoms with Crippen molar-refractivity contribution in [3.63, 3.8) is 0 Å². The third kappa shape index (κ3) is 23.6. The monoisotopic (exact) mass is 240 g/mol. The van der Waals surface area contributed by atoms with Crippen LogP contribution >= 0.6 is 0 Å². The van der Waals surface area contributed by atoms with Gasteiger partial charge in [0.25, 0.3) is 0 Å². The van der Waals surface area contributed by atoms with Crippen LogP contribution in [0.5, 0.6) is 0 Å². The predicted molar refractivity (Wildman–Crippen MR) is 0.686 cm³/mol. The normalized spacial score (nSPS) is 0.600. The Hall–Kier alpha value is 2.05. The summed E-state index contributed by atoms with van der Waals surface area (Å²) in [4.78, 5) is 0. The van der Waals surface area contributed by atoms with Gasteiger partial charge in [-0.1, -0.05) is 0 Å². The van der Waals surface area contributed by atoms with Crippen molar-refractivity contribution in [3.8, 4) is 0 Å². The van der Waals surface area contributed by atoms with Gasteiger partial charge in [0.2, 0.25) is 0 Å². The molecule has 0 N–H and O–H groups in total. The third-order valence-corrected chi connectivity index (χ3v) is 0. The van der Waals surface area contributed by atoms with E-state index >= 15 is 0 Å². The summed E-state index contributed by atoms with van der Waals surface area (Å²) >= 11 is 0.750. The van der Waals surface area contributed by atoms with E-state index in [1.54, 1.807) is 0 Å². The molecule has 0 unspecified atom stereocenters. The van der Waals surface area contributed by atoms with Crippen LogP contribution in [0.2, 0.25) is 0 Å². The van der Waals surface area contributed by atoms with E-state index in [-0.39, 0.29) is 50.6 Å². The molecule has 0 aliphatic rings. The van der Waals surface area contributed by atoms with Crippen LogP contribution < -0.4 is 0 Å². The molecule has 5 heteroatoms. The van der Waals surface area contributed by atoms with Crippen molar-refractivity contribution in [2.75, 3.05) is 0 Å². The van der Waals surface area contributed by atoms with Gasteiger partial charge in [0.1, 0.15) is 0 Å². The predicted octanol–water partition coefficient (Wildman–Crippen LogP) is -0.129. The van der Waals surface area contributed by atoms with Crippen LogP contribution in [-0.4, -0.2) is 0 Å². The first kappa shape index (κ1) is 27.8. The van der Waals surface area contributed by atoms with Crippen molar-refractivity contribution >= 4 is 0 Å². The van der Waals surface area contributed by atoms with Crippen molar-refractivity contribution in [1.29, 1.82) is 0 Å². The van der Waals surface area contributed by atoms with Gasteiger partial charge in [-0.15, -0.1) is 0 Å². The fourth-order valence-electron chi connectivity index (χ4n) is 0. The van der Waals surface area contributed by atoms with Gasteiger partial charge in [0, 0.05) is 50.6 Å². The Morgan fingerprint density at radius 1 is 1.20 bits per heavy atom. The van der Waals surface area contributed by atoms with E-state index in [1.807, 2.05) is 0 Å². The minimum absolute atomic E-state index is 0. The molecule has 0 heterocycles. The molecule has 0 aromatic carbocycles. The number of hydrogen-bond donors (Lipinski definition) is 0. The van der Waals surface area contributed by atoms with Gasteiger partial charge in [0.05, 0.1) is 0 Å². The third-order valence-electron chi connectivity index (χ3n) is 0. The maximum atomic E-state index is 8.25. The average molecular weight is 241 g/mol. The van der Waals surface area contributed by atoms with Crippen molar-refractivity contribution in [2.24, 2.45) is 0 Å². The molecule has 1 nitrogen and oxygen atoms in total. The van der Waals surface area contributed by atoms with E-state index in [0.29, 0.717) is 0 Å². The molecule has 0 spiro atoms. The first-order chi connectivity index (χ1) is 1.00. The second kappa shape index (κ2) is 36.8. The summed E-state index contributed by atoms with van der Waals surface area (Å²) in [6, 6.07) is 0. The Balaban J connectivity index is -0.00000000167. The zero-order valence-corrected chi connectivity index (χ0v) is 6.58. The summed E-state index contributed by atoms with van der Waals surface area (Å²) < 4.78 is 8.25. The van der Waals surface area contributed by atoms with Crippen LogP contribution in [0.25, 0.3) is 0 Å². The Kier molecular flexibility index (Phi) is 204. The Bertz CT molecular complexity index is 11.6. The number of hydrogen-bond acceptors (Lipinski definition) is 1. The van der Waals surface area contributed by atoms with Crippen molar-refractivity contribution in [3.05, 3.63) is 0 Å². The summed E-state index contributed by atoms with van der Waals surface area (Å²) in [5.74, 6) is 0. The molecule has 0 aliphatic heterocycles. The summed E-state index contributed by atoms with van der Waals surface area (Å²) in [5, 5.41) is 0. The van der Waals surface area contributed by atoms with Gasteiger partial charge in [0.15, 0.2) is 0 Å². The van der Waals surface area contributed by atoms with E-state index in [9.17, 15) is 0 Å². The second-order valence-electron chi connectivity index (χ2n) is 0. The molecule has 0 atom stereocenters. The first-order valence-electron chi connectivity index (χ1n) is 0.204. The van der Waals surface area contributed by atoms with Gasteiger partial charge in [-0.05, 0) is 0 Å². The summed E-state index contributed by atoms with van der Waals surface area (Å²) in [5.41, 5.74) is 0. The SMILES string of the molecule is [Cu].[Mn].[Ni].[O]=[Ti]. The molecule has 0 fully saturated rings. The molecule has 2 radical (unpaired) electrons. The molecule has 0 saturated carbocycles. The van der Waals surface area contributed by atoms with E-state index < -0.39 is 0 Å². The summed E-state index contributed by atoms with van der Waals surface area (Å²) in [6.07, 6.45) is 0. The fourth-order valence-corrected chi connectivity index (χ4v) is 0. The zero-order chi connectivity index (χ0) is 2.00. The van der Waals surface area contributed by atoms with Gasteiger partial charge < -0.3 is 0 Å². The molecule has 0 rings (SSSR count). The van der Waals surface area contributed by atoms with Crippen LogP contribution in [0.3, 0.4) is 0 Å². The molecule has 0 aliphatic carbocycles. The fraction of sp³-hybridized carbons (Fsp3) is 0. The Morgan fingerprint density at radius 3 is 1.20 bits per heavy atom. The quantitative estimate of drug-likeness (QED) is 0.540. The second-order valence-corrected chi connectivity index (χ2v) is 0. The molecule has 0 bridgehead atoms. The van der Waals surface area contributed by atoms with Crippen LogP contribution in [-0.2, 0) is 74.4 Å². The van der Waals surface area contributed by atoms with Gasteiger partial charge in [-0.25, -0.2) is 0 Å². The van der Waals surface area contributed by atoms with Crippen molar-refractivity contribution < 1.29 is 74.4 Å². The minimum atomic E-state index is 0. The zero-order valence-electron chi connectivity index (χ0n) is 1.90. The molecular weight excluding hydrogens is 241 g/mol. The molecular formula is CuMnNiOTi. The first-order valence-corrected chi connectivity index (χ1v) is 0.842. The molecule has 0 amide bonds. The van der Waals surface area contributed by atoms with Crippen molar-refractivity contribution in [2.45, 2.75) is 0 Å². The molecule has 0 aromatic heterocycles. The molecule has 38 valence electrons. The standard InChI is InChI=1S/Cu.Mn.Ni.O.Ti.